The maximum absolute atomic E-state index is 13.1. The maximum atomic E-state index is 13.1. The zero-order chi connectivity index (χ0) is 13.8. The Kier molecular flexibility index (Phi) is 4.21. The molecule has 102 valence electrons. The Labute approximate surface area is 109 Å². The fourth-order valence-corrected chi connectivity index (χ4v) is 1.64. The molecule has 0 radical (unpaired) electrons. The second-order valence-corrected chi connectivity index (χ2v) is 4.55. The summed E-state index contributed by atoms with van der Waals surface area (Å²) in [4.78, 5) is 4.12. The SMILES string of the molecule is CC(CN)CCc1nc(-c2cc(F)cc(F)c2)no1. The summed E-state index contributed by atoms with van der Waals surface area (Å²) in [6.45, 7) is 2.62. The second kappa shape index (κ2) is 5.88. The van der Waals surface area contributed by atoms with Crippen molar-refractivity contribution in [2.75, 3.05) is 6.54 Å². The lowest BCUT2D eigenvalue weighted by Gasteiger charge is -2.03. The van der Waals surface area contributed by atoms with Crippen LogP contribution in [0.2, 0.25) is 0 Å². The van der Waals surface area contributed by atoms with E-state index in [1.54, 1.807) is 0 Å². The molecule has 1 heterocycles. The molecule has 1 aromatic heterocycles. The van der Waals surface area contributed by atoms with Gasteiger partial charge in [-0.3, -0.25) is 0 Å². The molecular weight excluding hydrogens is 252 g/mol. The van der Waals surface area contributed by atoms with Crippen molar-refractivity contribution in [2.45, 2.75) is 19.8 Å². The van der Waals surface area contributed by atoms with Crippen molar-refractivity contribution in [1.82, 2.24) is 10.1 Å². The highest BCUT2D eigenvalue weighted by Crippen LogP contribution is 2.19. The highest BCUT2D eigenvalue weighted by molar-refractivity contribution is 5.54. The summed E-state index contributed by atoms with van der Waals surface area (Å²) in [5.74, 6) is -0.341. The standard InChI is InChI=1S/C13H15F2N3O/c1-8(7-16)2-3-12-17-13(18-19-12)9-4-10(14)6-11(15)5-9/h4-6,8H,2-3,7,16H2,1H3. The lowest BCUT2D eigenvalue weighted by atomic mass is 10.1. The molecule has 0 saturated heterocycles. The first-order valence-electron chi connectivity index (χ1n) is 6.07. The van der Waals surface area contributed by atoms with Gasteiger partial charge >= 0.3 is 0 Å². The molecule has 0 fully saturated rings. The van der Waals surface area contributed by atoms with Gasteiger partial charge < -0.3 is 10.3 Å². The van der Waals surface area contributed by atoms with Crippen molar-refractivity contribution < 1.29 is 13.3 Å². The van der Waals surface area contributed by atoms with Crippen molar-refractivity contribution in [3.8, 4) is 11.4 Å². The van der Waals surface area contributed by atoms with Gasteiger partial charge in [0.05, 0.1) is 0 Å². The average Bonchev–Trinajstić information content (AvgIpc) is 2.83. The van der Waals surface area contributed by atoms with Crippen molar-refractivity contribution >= 4 is 0 Å². The lowest BCUT2D eigenvalue weighted by molar-refractivity contribution is 0.366. The number of aryl methyl sites for hydroxylation is 1. The van der Waals surface area contributed by atoms with E-state index in [0.717, 1.165) is 12.5 Å². The van der Waals surface area contributed by atoms with Gasteiger partial charge in [-0.05, 0) is 31.0 Å². The molecule has 0 amide bonds. The molecule has 1 unspecified atom stereocenters. The first kappa shape index (κ1) is 13.6. The first-order chi connectivity index (χ1) is 9.08. The zero-order valence-corrected chi connectivity index (χ0v) is 10.6. The van der Waals surface area contributed by atoms with Crippen molar-refractivity contribution in [1.29, 1.82) is 0 Å². The molecule has 2 rings (SSSR count). The molecular formula is C13H15F2N3O. The normalized spacial score (nSPS) is 12.6. The molecule has 0 spiro atoms. The highest BCUT2D eigenvalue weighted by atomic mass is 19.1. The molecule has 0 aliphatic heterocycles. The van der Waals surface area contributed by atoms with E-state index in [1.165, 1.54) is 12.1 Å². The third-order valence-corrected chi connectivity index (χ3v) is 2.84. The van der Waals surface area contributed by atoms with E-state index >= 15 is 0 Å². The van der Waals surface area contributed by atoms with Gasteiger partial charge in [0.1, 0.15) is 11.6 Å². The fraction of sp³-hybridized carbons (Fsp3) is 0.385. The number of nitrogens with zero attached hydrogens (tertiary/aromatic N) is 2. The van der Waals surface area contributed by atoms with E-state index in [9.17, 15) is 8.78 Å². The summed E-state index contributed by atoms with van der Waals surface area (Å²) >= 11 is 0. The van der Waals surface area contributed by atoms with Crippen LogP contribution < -0.4 is 5.73 Å². The molecule has 1 aromatic carbocycles. The monoisotopic (exact) mass is 267 g/mol. The summed E-state index contributed by atoms with van der Waals surface area (Å²) in [6, 6.07) is 3.13. The Morgan fingerprint density at radius 2 is 1.95 bits per heavy atom. The number of aromatic nitrogens is 2. The predicted molar refractivity (Wildman–Crippen MR) is 66.2 cm³/mol. The number of hydrogen-bond acceptors (Lipinski definition) is 4. The molecule has 19 heavy (non-hydrogen) atoms. The van der Waals surface area contributed by atoms with E-state index in [0.29, 0.717) is 24.8 Å². The molecule has 6 heteroatoms. The van der Waals surface area contributed by atoms with Crippen LogP contribution in [0.1, 0.15) is 19.2 Å². The van der Waals surface area contributed by atoms with E-state index in [1.807, 2.05) is 6.92 Å². The van der Waals surface area contributed by atoms with Crippen LogP contribution in [-0.2, 0) is 6.42 Å². The van der Waals surface area contributed by atoms with Crippen LogP contribution in [0.4, 0.5) is 8.78 Å². The number of benzene rings is 1. The number of hydrogen-bond donors (Lipinski definition) is 1. The van der Waals surface area contributed by atoms with Gasteiger partial charge in [-0.25, -0.2) is 8.78 Å². The van der Waals surface area contributed by atoms with Crippen LogP contribution in [0.25, 0.3) is 11.4 Å². The quantitative estimate of drug-likeness (QED) is 0.904. The van der Waals surface area contributed by atoms with E-state index in [4.69, 9.17) is 10.3 Å². The fourth-order valence-electron chi connectivity index (χ4n) is 1.64. The third-order valence-electron chi connectivity index (χ3n) is 2.84. The van der Waals surface area contributed by atoms with Gasteiger partial charge in [-0.2, -0.15) is 4.98 Å². The summed E-state index contributed by atoms with van der Waals surface area (Å²) < 4.78 is 31.2. The van der Waals surface area contributed by atoms with Gasteiger partial charge in [-0.15, -0.1) is 0 Å². The smallest absolute Gasteiger partial charge is 0.226 e. The molecule has 0 aliphatic carbocycles. The summed E-state index contributed by atoms with van der Waals surface area (Å²) in [5, 5.41) is 3.72. The Morgan fingerprint density at radius 3 is 2.58 bits per heavy atom. The van der Waals surface area contributed by atoms with E-state index in [2.05, 4.69) is 10.1 Å². The van der Waals surface area contributed by atoms with Crippen molar-refractivity contribution in [3.05, 3.63) is 35.7 Å². The molecule has 2 aromatic rings. The predicted octanol–water partition coefficient (Wildman–Crippen LogP) is 2.54. The van der Waals surface area contributed by atoms with Crippen molar-refractivity contribution in [3.63, 3.8) is 0 Å². The summed E-state index contributed by atoms with van der Waals surface area (Å²) in [5.41, 5.74) is 5.78. The molecule has 2 N–H and O–H groups in total. The van der Waals surface area contributed by atoms with E-state index < -0.39 is 11.6 Å². The molecule has 1 atom stereocenters. The van der Waals surface area contributed by atoms with E-state index in [-0.39, 0.29) is 11.4 Å². The zero-order valence-electron chi connectivity index (χ0n) is 10.6. The topological polar surface area (TPSA) is 64.9 Å². The maximum Gasteiger partial charge on any atom is 0.226 e. The Hall–Kier alpha value is -1.82. The summed E-state index contributed by atoms with van der Waals surface area (Å²) in [6.07, 6.45) is 1.43. The van der Waals surface area contributed by atoms with Gasteiger partial charge in [0.25, 0.3) is 0 Å². The van der Waals surface area contributed by atoms with Gasteiger partial charge in [0.15, 0.2) is 0 Å². The van der Waals surface area contributed by atoms with Gasteiger partial charge in [0.2, 0.25) is 11.7 Å². The minimum Gasteiger partial charge on any atom is -0.339 e. The van der Waals surface area contributed by atoms with Crippen LogP contribution in [-0.4, -0.2) is 16.7 Å². The minimum atomic E-state index is -0.668. The van der Waals surface area contributed by atoms with Crippen LogP contribution in [0.5, 0.6) is 0 Å². The minimum absolute atomic E-state index is 0.189. The van der Waals surface area contributed by atoms with Crippen LogP contribution in [0, 0.1) is 17.6 Å². The Morgan fingerprint density at radius 1 is 1.26 bits per heavy atom. The van der Waals surface area contributed by atoms with Crippen LogP contribution >= 0.6 is 0 Å². The second-order valence-electron chi connectivity index (χ2n) is 4.55. The molecule has 0 aliphatic rings. The van der Waals surface area contributed by atoms with Gasteiger partial charge in [-0.1, -0.05) is 12.1 Å². The van der Waals surface area contributed by atoms with Crippen LogP contribution in [0.15, 0.2) is 22.7 Å². The first-order valence-corrected chi connectivity index (χ1v) is 6.07. The molecule has 0 bridgehead atoms. The lowest BCUT2D eigenvalue weighted by Crippen LogP contribution is -2.11. The van der Waals surface area contributed by atoms with Crippen molar-refractivity contribution in [2.24, 2.45) is 11.7 Å². The largest absolute Gasteiger partial charge is 0.339 e. The van der Waals surface area contributed by atoms with Gasteiger partial charge in [0, 0.05) is 18.1 Å². The third kappa shape index (κ3) is 3.57. The average molecular weight is 267 g/mol. The molecule has 4 nitrogen and oxygen atoms in total. The number of rotatable bonds is 5. The number of halogens is 2. The summed E-state index contributed by atoms with van der Waals surface area (Å²) in [7, 11) is 0. The molecule has 0 saturated carbocycles. The Bertz CT molecular complexity index is 536. The van der Waals surface area contributed by atoms with Crippen LogP contribution in [0.3, 0.4) is 0 Å². The highest BCUT2D eigenvalue weighted by Gasteiger charge is 2.11. The Balaban J connectivity index is 2.12. The number of nitrogens with two attached hydrogens (primary N) is 1.